The largest absolute Gasteiger partial charge is 0.508 e. The molecule has 0 bridgehead atoms. The van der Waals surface area contributed by atoms with Crippen LogP contribution in [0.4, 0.5) is 10.5 Å². The molecule has 1 aliphatic carbocycles. The molecular weight excluding hydrogens is 342 g/mol. The molecule has 1 fully saturated rings. The molecule has 0 saturated heterocycles. The summed E-state index contributed by atoms with van der Waals surface area (Å²) in [5.74, 6) is 0.161. The Morgan fingerprint density at radius 1 is 1.15 bits per heavy atom. The predicted molar refractivity (Wildman–Crippen MR) is 102 cm³/mol. The number of aliphatic hydroxyl groups is 1. The first-order valence-corrected chi connectivity index (χ1v) is 9.09. The summed E-state index contributed by atoms with van der Waals surface area (Å²) in [7, 11) is 0. The monoisotopic (exact) mass is 365 g/mol. The van der Waals surface area contributed by atoms with Gasteiger partial charge < -0.3 is 20.4 Å². The summed E-state index contributed by atoms with van der Waals surface area (Å²) < 4.78 is 0. The van der Waals surface area contributed by atoms with Crippen molar-refractivity contribution in [2.75, 3.05) is 5.32 Å². The maximum Gasteiger partial charge on any atom is 0.322 e. The van der Waals surface area contributed by atoms with E-state index in [1.807, 2.05) is 6.07 Å². The van der Waals surface area contributed by atoms with Crippen LogP contribution in [0.3, 0.4) is 0 Å². The average molecular weight is 365 g/mol. The van der Waals surface area contributed by atoms with E-state index in [0.29, 0.717) is 30.6 Å². The Bertz CT molecular complexity index is 839. The van der Waals surface area contributed by atoms with Crippen molar-refractivity contribution in [3.8, 4) is 11.8 Å². The van der Waals surface area contributed by atoms with E-state index in [2.05, 4.69) is 11.4 Å². The Hall–Kier alpha value is -3.04. The van der Waals surface area contributed by atoms with Gasteiger partial charge in [0.1, 0.15) is 5.75 Å². The number of phenols is 1. The van der Waals surface area contributed by atoms with Gasteiger partial charge in [-0.15, -0.1) is 0 Å². The third-order valence-corrected chi connectivity index (χ3v) is 4.87. The van der Waals surface area contributed by atoms with Crippen LogP contribution in [-0.2, 0) is 6.54 Å². The second kappa shape index (κ2) is 8.56. The number of aromatic hydroxyl groups is 1. The van der Waals surface area contributed by atoms with Crippen LogP contribution in [0, 0.1) is 11.3 Å². The number of carbonyl (C=O) groups excluding carboxylic acids is 1. The van der Waals surface area contributed by atoms with Crippen molar-refractivity contribution in [3.63, 3.8) is 0 Å². The van der Waals surface area contributed by atoms with Gasteiger partial charge in [-0.2, -0.15) is 5.26 Å². The zero-order valence-electron chi connectivity index (χ0n) is 15.0. The second-order valence-electron chi connectivity index (χ2n) is 6.88. The molecule has 0 spiro atoms. The topological polar surface area (TPSA) is 96.6 Å². The first kappa shape index (κ1) is 18.7. The number of nitrogens with zero attached hydrogens (tertiary/aromatic N) is 2. The number of phenolic OH excluding ortho intramolecular Hbond substituents is 1. The van der Waals surface area contributed by atoms with Crippen molar-refractivity contribution in [3.05, 3.63) is 59.7 Å². The average Bonchev–Trinajstić information content (AvgIpc) is 2.67. The summed E-state index contributed by atoms with van der Waals surface area (Å²) in [4.78, 5) is 14.7. The molecular formula is C21H23N3O3. The molecule has 0 aliphatic heterocycles. The van der Waals surface area contributed by atoms with Crippen LogP contribution in [0.15, 0.2) is 48.5 Å². The van der Waals surface area contributed by atoms with E-state index < -0.39 is 0 Å². The van der Waals surface area contributed by atoms with E-state index in [1.165, 1.54) is 0 Å². The maximum absolute atomic E-state index is 13.0. The lowest BCUT2D eigenvalue weighted by atomic mass is 9.92. The lowest BCUT2D eigenvalue weighted by Gasteiger charge is -2.36. The van der Waals surface area contributed by atoms with Crippen LogP contribution in [0.25, 0.3) is 0 Å². The number of aliphatic hydroxyl groups excluding tert-OH is 1. The molecule has 3 N–H and O–H groups in total. The van der Waals surface area contributed by atoms with Gasteiger partial charge in [-0.25, -0.2) is 4.79 Å². The Morgan fingerprint density at radius 3 is 2.59 bits per heavy atom. The third-order valence-electron chi connectivity index (χ3n) is 4.87. The van der Waals surface area contributed by atoms with Crippen LogP contribution < -0.4 is 5.32 Å². The van der Waals surface area contributed by atoms with E-state index in [4.69, 9.17) is 5.26 Å². The molecule has 6 nitrogen and oxygen atoms in total. The molecule has 2 aromatic carbocycles. The minimum Gasteiger partial charge on any atom is -0.508 e. The van der Waals surface area contributed by atoms with Gasteiger partial charge in [-0.05, 0) is 61.6 Å². The van der Waals surface area contributed by atoms with Crippen molar-refractivity contribution in [1.29, 1.82) is 5.26 Å². The van der Waals surface area contributed by atoms with E-state index in [0.717, 1.165) is 18.4 Å². The van der Waals surface area contributed by atoms with Crippen LogP contribution in [0.1, 0.15) is 36.8 Å². The van der Waals surface area contributed by atoms with Crippen LogP contribution in [0.5, 0.6) is 5.75 Å². The number of rotatable bonds is 4. The number of carbonyl (C=O) groups is 1. The minimum atomic E-state index is -0.306. The molecule has 140 valence electrons. The number of urea groups is 1. The normalized spacial score (nSPS) is 19.1. The maximum atomic E-state index is 13.0. The summed E-state index contributed by atoms with van der Waals surface area (Å²) in [6.45, 7) is 0.360. The molecule has 0 heterocycles. The van der Waals surface area contributed by atoms with Gasteiger partial charge in [0.05, 0.1) is 17.7 Å². The van der Waals surface area contributed by atoms with E-state index in [-0.39, 0.29) is 23.9 Å². The number of benzene rings is 2. The number of nitriles is 1. The highest BCUT2D eigenvalue weighted by atomic mass is 16.3. The molecule has 0 unspecified atom stereocenters. The first-order chi connectivity index (χ1) is 13.0. The Balaban J connectivity index is 1.79. The number of hydrogen-bond donors (Lipinski definition) is 3. The molecule has 1 saturated carbocycles. The predicted octanol–water partition coefficient (Wildman–Crippen LogP) is 3.60. The lowest BCUT2D eigenvalue weighted by molar-refractivity contribution is 0.0849. The summed E-state index contributed by atoms with van der Waals surface area (Å²) >= 11 is 0. The molecule has 3 rings (SSSR count). The van der Waals surface area contributed by atoms with Gasteiger partial charge in [-0.3, -0.25) is 0 Å². The quantitative estimate of drug-likeness (QED) is 0.771. The zero-order valence-corrected chi connectivity index (χ0v) is 15.0. The Labute approximate surface area is 158 Å². The molecule has 0 radical (unpaired) electrons. The van der Waals surface area contributed by atoms with Crippen LogP contribution in [-0.4, -0.2) is 33.3 Å². The zero-order chi connectivity index (χ0) is 19.2. The molecule has 1 aliphatic rings. The van der Waals surface area contributed by atoms with Gasteiger partial charge >= 0.3 is 6.03 Å². The van der Waals surface area contributed by atoms with Crippen molar-refractivity contribution < 1.29 is 15.0 Å². The number of amides is 2. The first-order valence-electron chi connectivity index (χ1n) is 9.09. The number of anilines is 1. The van der Waals surface area contributed by atoms with E-state index >= 15 is 0 Å². The van der Waals surface area contributed by atoms with Crippen molar-refractivity contribution in [2.45, 2.75) is 44.4 Å². The summed E-state index contributed by atoms with van der Waals surface area (Å²) in [5.41, 5.74) is 1.88. The highest BCUT2D eigenvalue weighted by molar-refractivity contribution is 5.89. The van der Waals surface area contributed by atoms with Crippen molar-refractivity contribution >= 4 is 11.7 Å². The summed E-state index contributed by atoms with van der Waals surface area (Å²) in [6.07, 6.45) is 2.48. The van der Waals surface area contributed by atoms with Crippen molar-refractivity contribution in [1.82, 2.24) is 4.90 Å². The number of hydrogen-bond acceptors (Lipinski definition) is 4. The van der Waals surface area contributed by atoms with E-state index in [1.54, 1.807) is 47.4 Å². The fourth-order valence-corrected chi connectivity index (χ4v) is 3.45. The molecule has 2 amide bonds. The molecule has 2 aromatic rings. The fraction of sp³-hybridized carbons (Fsp3) is 0.333. The molecule has 27 heavy (non-hydrogen) atoms. The second-order valence-corrected chi connectivity index (χ2v) is 6.88. The van der Waals surface area contributed by atoms with Crippen LogP contribution in [0.2, 0.25) is 0 Å². The van der Waals surface area contributed by atoms with Crippen molar-refractivity contribution in [2.24, 2.45) is 0 Å². The molecule has 6 heteroatoms. The lowest BCUT2D eigenvalue weighted by Crippen LogP contribution is -2.44. The Kier molecular flexibility index (Phi) is 5.94. The number of nitrogens with one attached hydrogen (secondary N) is 1. The summed E-state index contributed by atoms with van der Waals surface area (Å²) in [6, 6.07) is 15.5. The van der Waals surface area contributed by atoms with E-state index in [9.17, 15) is 15.0 Å². The van der Waals surface area contributed by atoms with Gasteiger partial charge in [0.2, 0.25) is 0 Å². The Morgan fingerprint density at radius 2 is 1.89 bits per heavy atom. The van der Waals surface area contributed by atoms with Gasteiger partial charge in [-0.1, -0.05) is 18.2 Å². The third kappa shape index (κ3) is 4.99. The molecule has 0 atom stereocenters. The van der Waals surface area contributed by atoms with Gasteiger partial charge in [0.25, 0.3) is 0 Å². The van der Waals surface area contributed by atoms with Gasteiger partial charge in [0.15, 0.2) is 0 Å². The smallest absolute Gasteiger partial charge is 0.322 e. The highest BCUT2D eigenvalue weighted by Crippen LogP contribution is 2.26. The highest BCUT2D eigenvalue weighted by Gasteiger charge is 2.28. The summed E-state index contributed by atoms with van der Waals surface area (Å²) in [5, 5.41) is 31.4. The fourth-order valence-electron chi connectivity index (χ4n) is 3.45. The minimum absolute atomic E-state index is 0.00917. The molecule has 0 aromatic heterocycles. The van der Waals surface area contributed by atoms with Gasteiger partial charge in [0, 0.05) is 18.3 Å². The standard InChI is InChI=1S/C21H23N3O3/c22-13-15-3-1-5-17(11-15)23-21(27)24(18-7-9-19(25)10-8-18)14-16-4-2-6-20(26)12-16/h1-6,11-12,18-19,25-26H,7-10,14H2,(H,23,27). The van der Waals surface area contributed by atoms with Crippen LogP contribution >= 0.6 is 0 Å². The SMILES string of the molecule is N#Cc1cccc(NC(=O)N(Cc2cccc(O)c2)C2CCC(O)CC2)c1.